The van der Waals surface area contributed by atoms with Gasteiger partial charge < -0.3 is 24.0 Å². The predicted octanol–water partition coefficient (Wildman–Crippen LogP) is 2.91. The van der Waals surface area contributed by atoms with Gasteiger partial charge in [0.2, 0.25) is 0 Å². The number of carbonyl (C=O) groups is 2. The van der Waals surface area contributed by atoms with Crippen LogP contribution in [0, 0.1) is 0 Å². The number of amides is 2. The number of hydrogen-bond donors (Lipinski definition) is 1. The van der Waals surface area contributed by atoms with Crippen molar-refractivity contribution in [3.05, 3.63) is 30.5 Å². The van der Waals surface area contributed by atoms with Crippen LogP contribution in [-0.2, 0) is 14.2 Å². The maximum atomic E-state index is 11.9. The Hall–Kier alpha value is -3.93. The zero-order chi connectivity index (χ0) is 27.6. The topological polar surface area (TPSA) is 124 Å². The molecule has 4 heterocycles. The van der Waals surface area contributed by atoms with Gasteiger partial charge in [-0.2, -0.15) is 5.10 Å². The van der Waals surface area contributed by atoms with E-state index in [0.717, 1.165) is 11.2 Å². The van der Waals surface area contributed by atoms with Gasteiger partial charge in [-0.1, -0.05) is 0 Å². The van der Waals surface area contributed by atoms with Crippen LogP contribution in [0.3, 0.4) is 0 Å². The second kappa shape index (κ2) is 10.4. The molecule has 0 radical (unpaired) electrons. The second-order valence-corrected chi connectivity index (χ2v) is 8.58. The lowest BCUT2D eigenvalue weighted by molar-refractivity contribution is 0.106. The van der Waals surface area contributed by atoms with Gasteiger partial charge in [-0.15, -0.1) is 0 Å². The van der Waals surface area contributed by atoms with Crippen molar-refractivity contribution < 1.29 is 27.9 Å². The van der Waals surface area contributed by atoms with Crippen molar-refractivity contribution in [2.75, 3.05) is 63.8 Å². The fourth-order valence-corrected chi connectivity index (χ4v) is 4.59. The largest absolute Gasteiger partial charge is 0.453 e. The number of morpholine rings is 1. The van der Waals surface area contributed by atoms with Crippen molar-refractivity contribution in [1.29, 1.82) is 0 Å². The van der Waals surface area contributed by atoms with Crippen LogP contribution in [0.15, 0.2) is 30.5 Å². The van der Waals surface area contributed by atoms with Gasteiger partial charge >= 0.3 is 12.2 Å². The Morgan fingerprint density at radius 1 is 1.08 bits per heavy atom. The van der Waals surface area contributed by atoms with E-state index in [0.29, 0.717) is 75.0 Å². The zero-order valence-corrected chi connectivity index (χ0v) is 19.8. The molecule has 0 spiro atoms. The number of nitrogens with one attached hydrogen (secondary N) is 1. The van der Waals surface area contributed by atoms with Crippen LogP contribution in [0.1, 0.15) is 23.0 Å². The minimum Gasteiger partial charge on any atom is -0.453 e. The van der Waals surface area contributed by atoms with E-state index in [-0.39, 0.29) is 12.1 Å². The van der Waals surface area contributed by atoms with Crippen LogP contribution < -0.4 is 10.2 Å². The fraction of sp³-hybridized carbons (Fsp3) is 0.458. The van der Waals surface area contributed by atoms with Crippen molar-refractivity contribution in [1.82, 2.24) is 24.6 Å². The maximum Gasteiger partial charge on any atom is 0.411 e. The standard InChI is InChI=1S/C24H29N7O5/c1-34-23(32)26-17-5-3-16(4-6-17)20-27-21(29-11-13-36-14-12-29)19-15-25-31(22(19)28-20)18-7-9-30(10-8-18)24(33)35-2/h3-6,15,18H,7-14H2,1-2H3,(H,26,32)/i1D3. The third-order valence-corrected chi connectivity index (χ3v) is 6.47. The average Bonchev–Trinajstić information content (AvgIpc) is 3.36. The van der Waals surface area contributed by atoms with Gasteiger partial charge in [-0.3, -0.25) is 5.32 Å². The number of nitrogens with zero attached hydrogens (tertiary/aromatic N) is 6. The molecule has 0 atom stereocenters. The zero-order valence-electron chi connectivity index (χ0n) is 22.8. The Bertz CT molecular complexity index is 1330. The quantitative estimate of drug-likeness (QED) is 0.578. The molecule has 190 valence electrons. The van der Waals surface area contributed by atoms with Crippen LogP contribution in [0.2, 0.25) is 0 Å². The summed E-state index contributed by atoms with van der Waals surface area (Å²) in [7, 11) is -1.45. The second-order valence-electron chi connectivity index (χ2n) is 8.58. The van der Waals surface area contributed by atoms with Gasteiger partial charge in [-0.25, -0.2) is 24.2 Å². The highest BCUT2D eigenvalue weighted by Gasteiger charge is 2.28. The average molecular weight is 499 g/mol. The lowest BCUT2D eigenvalue weighted by Gasteiger charge is -2.31. The van der Waals surface area contributed by atoms with E-state index >= 15 is 0 Å². The first kappa shape index (κ1) is 20.3. The van der Waals surface area contributed by atoms with Gasteiger partial charge in [0.1, 0.15) is 5.82 Å². The lowest BCUT2D eigenvalue weighted by Crippen LogP contribution is -2.39. The number of hydrogen-bond acceptors (Lipinski definition) is 9. The molecule has 2 aliphatic rings. The number of ether oxygens (including phenoxy) is 3. The van der Waals surface area contributed by atoms with Gasteiger partial charge in [0.25, 0.3) is 0 Å². The number of likely N-dealkylation sites (tertiary alicyclic amines) is 1. The summed E-state index contributed by atoms with van der Waals surface area (Å²) in [5.41, 5.74) is 1.76. The molecule has 2 aromatic heterocycles. The number of anilines is 2. The highest BCUT2D eigenvalue weighted by atomic mass is 16.5. The molecule has 12 heteroatoms. The van der Waals surface area contributed by atoms with Crippen LogP contribution in [0.25, 0.3) is 22.4 Å². The Morgan fingerprint density at radius 3 is 2.53 bits per heavy atom. The lowest BCUT2D eigenvalue weighted by atomic mass is 10.1. The summed E-state index contributed by atoms with van der Waals surface area (Å²) >= 11 is 0. The van der Waals surface area contributed by atoms with Crippen LogP contribution in [0.5, 0.6) is 0 Å². The van der Waals surface area contributed by atoms with Gasteiger partial charge in [0.15, 0.2) is 11.5 Å². The smallest absolute Gasteiger partial charge is 0.411 e. The molecule has 0 unspecified atom stereocenters. The summed E-state index contributed by atoms with van der Waals surface area (Å²) in [4.78, 5) is 37.4. The minimum absolute atomic E-state index is 0.0551. The van der Waals surface area contributed by atoms with E-state index in [1.54, 1.807) is 35.4 Å². The number of methoxy groups -OCH3 is 2. The first-order valence-electron chi connectivity index (χ1n) is 13.2. The molecule has 2 aliphatic heterocycles. The van der Waals surface area contributed by atoms with Gasteiger partial charge in [0.05, 0.1) is 49.1 Å². The van der Waals surface area contributed by atoms with Crippen molar-refractivity contribution in [3.63, 3.8) is 0 Å². The molecule has 0 bridgehead atoms. The molecule has 12 nitrogen and oxygen atoms in total. The summed E-state index contributed by atoms with van der Waals surface area (Å²) in [5, 5.41) is 7.92. The number of aromatic nitrogens is 4. The minimum atomic E-state index is -2.83. The molecule has 0 aliphatic carbocycles. The fourth-order valence-electron chi connectivity index (χ4n) is 4.59. The molecule has 2 saturated heterocycles. The summed E-state index contributed by atoms with van der Waals surface area (Å²) in [5.74, 6) is 1.24. The number of rotatable bonds is 4. The first-order chi connectivity index (χ1) is 18.7. The number of piperidine rings is 1. The van der Waals surface area contributed by atoms with E-state index in [1.165, 1.54) is 7.11 Å². The van der Waals surface area contributed by atoms with Crippen LogP contribution in [0.4, 0.5) is 21.1 Å². The van der Waals surface area contributed by atoms with E-state index in [2.05, 4.69) is 20.1 Å². The van der Waals surface area contributed by atoms with Crippen molar-refractivity contribution in [2.45, 2.75) is 18.9 Å². The van der Waals surface area contributed by atoms with E-state index in [9.17, 15) is 9.59 Å². The molecule has 2 fully saturated rings. The van der Waals surface area contributed by atoms with E-state index in [4.69, 9.17) is 23.6 Å². The molecule has 2 amide bonds. The molecular weight excluding hydrogens is 466 g/mol. The van der Waals surface area contributed by atoms with Crippen LogP contribution >= 0.6 is 0 Å². The summed E-state index contributed by atoms with van der Waals surface area (Å²) in [6.07, 6.45) is 1.82. The molecule has 1 N–H and O–H groups in total. The molecular formula is C24H29N7O5. The normalized spacial score (nSPS) is 18.3. The van der Waals surface area contributed by atoms with Crippen molar-refractivity contribution in [2.24, 2.45) is 0 Å². The van der Waals surface area contributed by atoms with Gasteiger partial charge in [-0.05, 0) is 37.1 Å². The third kappa shape index (κ3) is 4.76. The molecule has 5 rings (SSSR count). The monoisotopic (exact) mass is 498 g/mol. The third-order valence-electron chi connectivity index (χ3n) is 6.47. The summed E-state index contributed by atoms with van der Waals surface area (Å²) < 4.78 is 37.8. The molecule has 3 aromatic rings. The SMILES string of the molecule is [2H]C([2H])([2H])OC(=O)Nc1ccc(-c2nc(N3CCOCC3)c3cnn(C4CCN(C(=O)OC)CC4)c3n2)cc1. The summed E-state index contributed by atoms with van der Waals surface area (Å²) in [6, 6.07) is 6.78. The van der Waals surface area contributed by atoms with Crippen LogP contribution in [-0.4, -0.2) is 90.4 Å². The molecule has 36 heavy (non-hydrogen) atoms. The highest BCUT2D eigenvalue weighted by Crippen LogP contribution is 2.32. The maximum absolute atomic E-state index is 11.9. The number of carbonyl (C=O) groups excluding carboxylic acids is 2. The number of fused-ring (bicyclic) bond motifs is 1. The van der Waals surface area contributed by atoms with E-state index < -0.39 is 13.1 Å². The summed E-state index contributed by atoms with van der Waals surface area (Å²) in [6.45, 7) is 3.67. The van der Waals surface area contributed by atoms with E-state index in [1.807, 2.05) is 4.68 Å². The Kier molecular flexibility index (Phi) is 5.84. The number of benzene rings is 1. The van der Waals surface area contributed by atoms with Crippen molar-refractivity contribution >= 4 is 34.7 Å². The molecule has 1 aromatic carbocycles. The van der Waals surface area contributed by atoms with Crippen molar-refractivity contribution in [3.8, 4) is 11.4 Å². The highest BCUT2D eigenvalue weighted by molar-refractivity contribution is 5.89. The van der Waals surface area contributed by atoms with Gasteiger partial charge in [0, 0.05) is 37.4 Å². The molecule has 0 saturated carbocycles. The predicted molar refractivity (Wildman–Crippen MR) is 132 cm³/mol. The Morgan fingerprint density at radius 2 is 1.83 bits per heavy atom. The Labute approximate surface area is 212 Å². The Balaban J connectivity index is 1.45. The first-order valence-corrected chi connectivity index (χ1v) is 11.7.